The van der Waals surface area contributed by atoms with Gasteiger partial charge >= 0.3 is 0 Å². The first-order valence-electron chi connectivity index (χ1n) is 5.98. The van der Waals surface area contributed by atoms with Crippen molar-refractivity contribution in [3.05, 3.63) is 11.8 Å². The monoisotopic (exact) mass is 223 g/mol. The molecule has 0 spiro atoms. The van der Waals surface area contributed by atoms with Crippen LogP contribution in [0.4, 0.5) is 5.95 Å². The minimum Gasteiger partial charge on any atom is -0.478 e. The van der Waals surface area contributed by atoms with Gasteiger partial charge in [-0.05, 0) is 20.3 Å². The Morgan fingerprint density at radius 1 is 1.25 bits per heavy atom. The molecule has 0 radical (unpaired) electrons. The zero-order chi connectivity index (χ0) is 11.8. The molecule has 0 aliphatic heterocycles. The number of rotatable bonds is 7. The molecule has 0 aliphatic carbocycles. The van der Waals surface area contributed by atoms with Gasteiger partial charge in [-0.2, -0.15) is 4.98 Å². The lowest BCUT2D eigenvalue weighted by Gasteiger charge is -2.08. The molecular weight excluding hydrogens is 202 g/mol. The molecule has 4 heteroatoms. The molecule has 0 unspecified atom stereocenters. The van der Waals surface area contributed by atoms with Crippen molar-refractivity contribution in [2.24, 2.45) is 0 Å². The van der Waals surface area contributed by atoms with E-state index in [1.165, 1.54) is 12.8 Å². The largest absolute Gasteiger partial charge is 0.478 e. The molecule has 0 atom stereocenters. The van der Waals surface area contributed by atoms with Crippen LogP contribution in [-0.2, 0) is 0 Å². The Morgan fingerprint density at radius 2 is 2.06 bits per heavy atom. The molecule has 16 heavy (non-hydrogen) atoms. The van der Waals surface area contributed by atoms with Crippen LogP contribution in [0.25, 0.3) is 0 Å². The lowest BCUT2D eigenvalue weighted by Crippen LogP contribution is -2.06. The van der Waals surface area contributed by atoms with E-state index in [9.17, 15) is 0 Å². The summed E-state index contributed by atoms with van der Waals surface area (Å²) in [4.78, 5) is 8.54. The number of aryl methyl sites for hydroxylation is 1. The molecule has 0 bridgehead atoms. The molecule has 0 aromatic carbocycles. The summed E-state index contributed by atoms with van der Waals surface area (Å²) in [6, 6.07) is 1.87. The highest BCUT2D eigenvalue weighted by Crippen LogP contribution is 2.12. The predicted octanol–water partition coefficient (Wildman–Crippen LogP) is 2.79. The summed E-state index contributed by atoms with van der Waals surface area (Å²) in [6.07, 6.45) is 3.48. The van der Waals surface area contributed by atoms with Gasteiger partial charge in [0.15, 0.2) is 0 Å². The third-order valence-corrected chi connectivity index (χ3v) is 2.16. The van der Waals surface area contributed by atoms with Crippen LogP contribution in [0, 0.1) is 6.92 Å². The quantitative estimate of drug-likeness (QED) is 0.722. The maximum atomic E-state index is 5.58. The summed E-state index contributed by atoms with van der Waals surface area (Å²) in [5, 5.41) is 3.09. The lowest BCUT2D eigenvalue weighted by atomic mass is 10.3. The highest BCUT2D eigenvalue weighted by Gasteiger charge is 2.01. The fraction of sp³-hybridized carbons (Fsp3) is 0.667. The second-order valence-electron chi connectivity index (χ2n) is 3.76. The fourth-order valence-corrected chi connectivity index (χ4v) is 1.38. The van der Waals surface area contributed by atoms with E-state index < -0.39 is 0 Å². The van der Waals surface area contributed by atoms with E-state index in [4.69, 9.17) is 4.74 Å². The number of ether oxygens (including phenoxy) is 1. The SMILES string of the molecule is CCCCCOc1cc(C)nc(NCC)n1. The normalized spacial score (nSPS) is 10.2. The molecule has 0 saturated heterocycles. The minimum absolute atomic E-state index is 0.646. The number of hydrogen-bond donors (Lipinski definition) is 1. The molecular formula is C12H21N3O. The van der Waals surface area contributed by atoms with E-state index in [1.807, 2.05) is 19.9 Å². The first kappa shape index (κ1) is 12.7. The van der Waals surface area contributed by atoms with Crippen molar-refractivity contribution in [1.82, 2.24) is 9.97 Å². The van der Waals surface area contributed by atoms with E-state index >= 15 is 0 Å². The van der Waals surface area contributed by atoms with Gasteiger partial charge < -0.3 is 10.1 Å². The highest BCUT2D eigenvalue weighted by molar-refractivity contribution is 5.30. The van der Waals surface area contributed by atoms with Crippen molar-refractivity contribution in [2.45, 2.75) is 40.0 Å². The van der Waals surface area contributed by atoms with Crippen LogP contribution in [0.1, 0.15) is 38.8 Å². The number of nitrogens with zero attached hydrogens (tertiary/aromatic N) is 2. The van der Waals surface area contributed by atoms with Crippen molar-refractivity contribution in [3.63, 3.8) is 0 Å². The molecule has 1 rings (SSSR count). The summed E-state index contributed by atoms with van der Waals surface area (Å²) < 4.78 is 5.58. The van der Waals surface area contributed by atoms with Crippen LogP contribution in [0.15, 0.2) is 6.07 Å². The molecule has 0 amide bonds. The summed E-state index contributed by atoms with van der Waals surface area (Å²) >= 11 is 0. The van der Waals surface area contributed by atoms with Crippen molar-refractivity contribution < 1.29 is 4.74 Å². The van der Waals surface area contributed by atoms with Crippen LogP contribution < -0.4 is 10.1 Å². The molecule has 0 saturated carbocycles. The summed E-state index contributed by atoms with van der Waals surface area (Å²) in [5.41, 5.74) is 0.927. The topological polar surface area (TPSA) is 47.0 Å². The van der Waals surface area contributed by atoms with Gasteiger partial charge in [-0.15, -0.1) is 0 Å². The number of aromatic nitrogens is 2. The van der Waals surface area contributed by atoms with E-state index in [0.717, 1.165) is 25.3 Å². The van der Waals surface area contributed by atoms with Gasteiger partial charge in [-0.25, -0.2) is 4.98 Å². The number of anilines is 1. The van der Waals surface area contributed by atoms with Crippen LogP contribution in [0.3, 0.4) is 0 Å². The van der Waals surface area contributed by atoms with Gasteiger partial charge in [-0.1, -0.05) is 19.8 Å². The maximum Gasteiger partial charge on any atom is 0.226 e. The zero-order valence-electron chi connectivity index (χ0n) is 10.4. The average molecular weight is 223 g/mol. The van der Waals surface area contributed by atoms with E-state index in [2.05, 4.69) is 22.2 Å². The van der Waals surface area contributed by atoms with Crippen LogP contribution in [0.2, 0.25) is 0 Å². The van der Waals surface area contributed by atoms with Gasteiger partial charge in [0.1, 0.15) is 0 Å². The Labute approximate surface area is 97.5 Å². The van der Waals surface area contributed by atoms with Crippen LogP contribution in [-0.4, -0.2) is 23.1 Å². The number of hydrogen-bond acceptors (Lipinski definition) is 4. The Bertz CT molecular complexity index is 315. The number of nitrogens with one attached hydrogen (secondary N) is 1. The third kappa shape index (κ3) is 4.47. The summed E-state index contributed by atoms with van der Waals surface area (Å²) in [5.74, 6) is 1.31. The zero-order valence-corrected chi connectivity index (χ0v) is 10.4. The average Bonchev–Trinajstić information content (AvgIpc) is 2.24. The lowest BCUT2D eigenvalue weighted by molar-refractivity contribution is 0.294. The summed E-state index contributed by atoms with van der Waals surface area (Å²) in [7, 11) is 0. The van der Waals surface area contributed by atoms with Gasteiger partial charge in [0.2, 0.25) is 11.8 Å². The molecule has 90 valence electrons. The molecule has 1 aromatic heterocycles. The standard InChI is InChI=1S/C12H21N3O/c1-4-6-7-8-16-11-9-10(3)14-12(15-11)13-5-2/h9H,4-8H2,1-3H3,(H,13,14,15). The van der Waals surface area contributed by atoms with Crippen molar-refractivity contribution in [3.8, 4) is 5.88 Å². The van der Waals surface area contributed by atoms with E-state index in [-0.39, 0.29) is 0 Å². The van der Waals surface area contributed by atoms with E-state index in [1.54, 1.807) is 0 Å². The highest BCUT2D eigenvalue weighted by atomic mass is 16.5. The van der Waals surface area contributed by atoms with Crippen LogP contribution >= 0.6 is 0 Å². The molecule has 1 N–H and O–H groups in total. The Kier molecular flexibility index (Phi) is 5.61. The third-order valence-electron chi connectivity index (χ3n) is 2.16. The van der Waals surface area contributed by atoms with Crippen molar-refractivity contribution in [2.75, 3.05) is 18.5 Å². The van der Waals surface area contributed by atoms with Gasteiger partial charge in [0.25, 0.3) is 0 Å². The first-order valence-corrected chi connectivity index (χ1v) is 5.98. The number of unbranched alkanes of at least 4 members (excludes halogenated alkanes) is 2. The van der Waals surface area contributed by atoms with Crippen LogP contribution in [0.5, 0.6) is 5.88 Å². The minimum atomic E-state index is 0.646. The first-order chi connectivity index (χ1) is 7.76. The fourth-order valence-electron chi connectivity index (χ4n) is 1.38. The molecule has 1 aromatic rings. The van der Waals surface area contributed by atoms with E-state index in [0.29, 0.717) is 11.8 Å². The second-order valence-corrected chi connectivity index (χ2v) is 3.76. The molecule has 1 heterocycles. The molecule has 4 nitrogen and oxygen atoms in total. The molecule has 0 aliphatic rings. The summed E-state index contributed by atoms with van der Waals surface area (Å²) in [6.45, 7) is 7.70. The van der Waals surface area contributed by atoms with Gasteiger partial charge in [-0.3, -0.25) is 0 Å². The Morgan fingerprint density at radius 3 is 2.75 bits per heavy atom. The van der Waals surface area contributed by atoms with Crippen molar-refractivity contribution in [1.29, 1.82) is 0 Å². The predicted molar refractivity (Wildman–Crippen MR) is 66.0 cm³/mol. The Balaban J connectivity index is 2.51. The Hall–Kier alpha value is -1.32. The second kappa shape index (κ2) is 7.04. The van der Waals surface area contributed by atoms with Crippen molar-refractivity contribution >= 4 is 5.95 Å². The van der Waals surface area contributed by atoms with Gasteiger partial charge in [0, 0.05) is 18.3 Å². The smallest absolute Gasteiger partial charge is 0.226 e. The van der Waals surface area contributed by atoms with Gasteiger partial charge in [0.05, 0.1) is 6.61 Å². The molecule has 0 fully saturated rings. The maximum absolute atomic E-state index is 5.58.